The molecule has 2 aliphatic heterocycles. The second-order valence-corrected chi connectivity index (χ2v) is 11.1. The minimum atomic E-state index is -0.569. The smallest absolute Gasteiger partial charge is 0.266 e. The van der Waals surface area contributed by atoms with Crippen molar-refractivity contribution < 1.29 is 28.7 Å². The fourth-order valence-corrected chi connectivity index (χ4v) is 5.71. The van der Waals surface area contributed by atoms with Crippen LogP contribution in [0.1, 0.15) is 63.7 Å². The first-order valence-corrected chi connectivity index (χ1v) is 14.9. The van der Waals surface area contributed by atoms with Crippen LogP contribution in [0.5, 0.6) is 23.0 Å². The van der Waals surface area contributed by atoms with E-state index in [4.69, 9.17) is 35.2 Å². The molecule has 4 amide bonds. The fraction of sp³-hybridized carbons (Fsp3) is 0. The van der Waals surface area contributed by atoms with Crippen molar-refractivity contribution in [3.8, 4) is 72.4 Å². The SMILES string of the molecule is C#Cc1cc(C#C)cc(Oc2ccc3c(c2)C(=O)N(c2ccc(N4C(=O)c5ccc(Oc6cc(C#C)cc(C#C)c6)cc5C4=O)cc2)C3=O)c1. The van der Waals surface area contributed by atoms with E-state index in [1.807, 2.05) is 0 Å². The van der Waals surface area contributed by atoms with Gasteiger partial charge in [0.2, 0.25) is 0 Å². The zero-order chi connectivity index (χ0) is 35.1. The Balaban J connectivity index is 1.10. The first kappa shape index (κ1) is 30.9. The van der Waals surface area contributed by atoms with Crippen molar-refractivity contribution >= 4 is 35.0 Å². The summed E-state index contributed by atoms with van der Waals surface area (Å²) in [7, 11) is 0. The van der Waals surface area contributed by atoms with E-state index in [2.05, 4.69) is 23.7 Å². The number of rotatable bonds is 6. The number of carbonyl (C=O) groups is 4. The molecule has 0 aliphatic carbocycles. The molecule has 0 saturated heterocycles. The average molecular weight is 649 g/mol. The van der Waals surface area contributed by atoms with Gasteiger partial charge in [0.1, 0.15) is 23.0 Å². The molecular weight excluding hydrogens is 628 g/mol. The number of terminal acetylenes is 4. The molecule has 50 heavy (non-hydrogen) atoms. The highest BCUT2D eigenvalue weighted by Gasteiger charge is 2.39. The number of nitrogens with zero attached hydrogens (tertiary/aromatic N) is 2. The van der Waals surface area contributed by atoms with Crippen LogP contribution in [0.15, 0.2) is 97.1 Å². The van der Waals surface area contributed by atoms with Crippen molar-refractivity contribution in [2.45, 2.75) is 0 Å². The molecule has 5 aromatic carbocycles. The Kier molecular flexibility index (Phi) is 7.47. The highest BCUT2D eigenvalue weighted by Crippen LogP contribution is 2.36. The standard InChI is InChI=1S/C42H20N2O6/c1-5-25-17-26(6-2)20-33(19-25)49-31-13-15-35-37(23-31)41(47)43(39(35)45)29-9-11-30(12-10-29)44-40(46)36-16-14-32(24-38(36)42(44)48)50-34-21-27(7-3)18-28(8-4)22-34/h1-4,9-24H. The van der Waals surface area contributed by atoms with E-state index in [0.717, 1.165) is 9.80 Å². The number of ether oxygens (including phenoxy) is 2. The van der Waals surface area contributed by atoms with Crippen LogP contribution in [0.3, 0.4) is 0 Å². The summed E-state index contributed by atoms with van der Waals surface area (Å²) in [5.41, 5.74) is 3.26. The van der Waals surface area contributed by atoms with Gasteiger partial charge in [-0.15, -0.1) is 25.7 Å². The summed E-state index contributed by atoms with van der Waals surface area (Å²) in [6.45, 7) is 0. The van der Waals surface area contributed by atoms with Gasteiger partial charge in [-0.1, -0.05) is 23.7 Å². The van der Waals surface area contributed by atoms with Crippen LogP contribution < -0.4 is 19.3 Å². The summed E-state index contributed by atoms with van der Waals surface area (Å²) in [6, 6.07) is 24.9. The highest BCUT2D eigenvalue weighted by molar-refractivity contribution is 6.36. The van der Waals surface area contributed by atoms with Gasteiger partial charge in [0.25, 0.3) is 23.6 Å². The summed E-state index contributed by atoms with van der Waals surface area (Å²) in [6.07, 6.45) is 22.1. The lowest BCUT2D eigenvalue weighted by molar-refractivity contribution is 0.0909. The predicted octanol–water partition coefficient (Wildman–Crippen LogP) is 6.80. The zero-order valence-electron chi connectivity index (χ0n) is 25.9. The quantitative estimate of drug-likeness (QED) is 0.149. The van der Waals surface area contributed by atoms with Crippen LogP contribution in [0.4, 0.5) is 11.4 Å². The highest BCUT2D eigenvalue weighted by atomic mass is 16.5. The number of amides is 4. The maximum atomic E-state index is 13.5. The van der Waals surface area contributed by atoms with Crippen LogP contribution in [-0.4, -0.2) is 23.6 Å². The molecule has 0 unspecified atom stereocenters. The monoisotopic (exact) mass is 648 g/mol. The van der Waals surface area contributed by atoms with Gasteiger partial charge in [-0.2, -0.15) is 0 Å². The number of hydrogen-bond acceptors (Lipinski definition) is 6. The minimum Gasteiger partial charge on any atom is -0.457 e. The van der Waals surface area contributed by atoms with E-state index in [0.29, 0.717) is 45.3 Å². The Labute approximate surface area is 286 Å². The lowest BCUT2D eigenvalue weighted by Crippen LogP contribution is -2.30. The Morgan fingerprint density at radius 2 is 0.700 bits per heavy atom. The molecule has 0 atom stereocenters. The van der Waals surface area contributed by atoms with Crippen molar-refractivity contribution in [3.05, 3.63) is 142 Å². The normalized spacial score (nSPS) is 12.8. The number of carbonyl (C=O) groups excluding carboxylic acids is 4. The summed E-state index contributed by atoms with van der Waals surface area (Å²) in [5.74, 6) is 9.22. The Bertz CT molecular complexity index is 2280. The van der Waals surface area contributed by atoms with Gasteiger partial charge in [0, 0.05) is 22.3 Å². The average Bonchev–Trinajstić information content (AvgIpc) is 3.54. The molecule has 0 aromatic heterocycles. The van der Waals surface area contributed by atoms with Gasteiger partial charge in [0.15, 0.2) is 0 Å². The first-order valence-electron chi connectivity index (χ1n) is 14.9. The van der Waals surface area contributed by atoms with Gasteiger partial charge in [0.05, 0.1) is 33.6 Å². The molecule has 7 rings (SSSR count). The third kappa shape index (κ3) is 5.28. The summed E-state index contributed by atoms with van der Waals surface area (Å²) < 4.78 is 11.8. The Hall–Kier alpha value is -7.78. The molecule has 0 radical (unpaired) electrons. The van der Waals surface area contributed by atoms with Crippen LogP contribution in [0.25, 0.3) is 0 Å². The summed E-state index contributed by atoms with van der Waals surface area (Å²) >= 11 is 0. The second kappa shape index (κ2) is 12.1. The lowest BCUT2D eigenvalue weighted by Gasteiger charge is -2.17. The van der Waals surface area contributed by atoms with Crippen molar-refractivity contribution in [2.75, 3.05) is 9.80 Å². The summed E-state index contributed by atoms with van der Waals surface area (Å²) in [4.78, 5) is 55.7. The molecule has 5 aromatic rings. The lowest BCUT2D eigenvalue weighted by atomic mass is 10.1. The van der Waals surface area contributed by atoms with Crippen LogP contribution in [0, 0.1) is 49.4 Å². The van der Waals surface area contributed by atoms with Gasteiger partial charge >= 0.3 is 0 Å². The van der Waals surface area contributed by atoms with Crippen molar-refractivity contribution in [1.82, 2.24) is 0 Å². The molecule has 8 heteroatoms. The molecule has 8 nitrogen and oxygen atoms in total. The molecule has 0 N–H and O–H groups in total. The van der Waals surface area contributed by atoms with Crippen molar-refractivity contribution in [2.24, 2.45) is 0 Å². The largest absolute Gasteiger partial charge is 0.457 e. The predicted molar refractivity (Wildman–Crippen MR) is 186 cm³/mol. The van der Waals surface area contributed by atoms with Crippen LogP contribution >= 0.6 is 0 Å². The van der Waals surface area contributed by atoms with Crippen molar-refractivity contribution in [1.29, 1.82) is 0 Å². The van der Waals surface area contributed by atoms with E-state index in [9.17, 15) is 19.2 Å². The molecule has 234 valence electrons. The molecule has 0 fully saturated rings. The number of imide groups is 2. The first-order chi connectivity index (χ1) is 24.2. The molecule has 2 aliphatic rings. The number of fused-ring (bicyclic) bond motifs is 2. The van der Waals surface area contributed by atoms with Crippen molar-refractivity contribution in [3.63, 3.8) is 0 Å². The van der Waals surface area contributed by atoms with Gasteiger partial charge < -0.3 is 9.47 Å². The fourth-order valence-electron chi connectivity index (χ4n) is 5.71. The number of hydrogen-bond donors (Lipinski definition) is 0. The Morgan fingerprint density at radius 1 is 0.380 bits per heavy atom. The molecule has 2 heterocycles. The summed E-state index contributed by atoms with van der Waals surface area (Å²) in [5, 5.41) is 0. The molecular formula is C42H20N2O6. The van der Waals surface area contributed by atoms with Crippen LogP contribution in [0.2, 0.25) is 0 Å². The third-order valence-corrected chi connectivity index (χ3v) is 8.03. The van der Waals surface area contributed by atoms with E-state index >= 15 is 0 Å². The second-order valence-electron chi connectivity index (χ2n) is 11.1. The third-order valence-electron chi connectivity index (χ3n) is 8.03. The van der Waals surface area contributed by atoms with E-state index < -0.39 is 23.6 Å². The van der Waals surface area contributed by atoms with Gasteiger partial charge in [-0.05, 0) is 97.1 Å². The van der Waals surface area contributed by atoms with Gasteiger partial charge in [-0.25, -0.2) is 9.80 Å². The molecule has 0 spiro atoms. The Morgan fingerprint density at radius 3 is 1.02 bits per heavy atom. The number of anilines is 2. The van der Waals surface area contributed by atoms with E-state index in [-0.39, 0.29) is 33.6 Å². The number of benzene rings is 5. The maximum Gasteiger partial charge on any atom is 0.266 e. The molecule has 0 saturated carbocycles. The topological polar surface area (TPSA) is 93.2 Å². The van der Waals surface area contributed by atoms with Gasteiger partial charge in [-0.3, -0.25) is 19.2 Å². The van der Waals surface area contributed by atoms with E-state index in [1.54, 1.807) is 48.5 Å². The van der Waals surface area contributed by atoms with E-state index in [1.165, 1.54) is 48.5 Å². The minimum absolute atomic E-state index is 0.141. The maximum absolute atomic E-state index is 13.5. The van der Waals surface area contributed by atoms with Crippen LogP contribution in [-0.2, 0) is 0 Å². The zero-order valence-corrected chi connectivity index (χ0v) is 25.9. The molecule has 0 bridgehead atoms.